The number of rotatable bonds is 3. The van der Waals surface area contributed by atoms with Crippen molar-refractivity contribution in [3.8, 4) is 0 Å². The van der Waals surface area contributed by atoms with Gasteiger partial charge in [-0.3, -0.25) is 0 Å². The number of nitrogens with one attached hydrogen (secondary N) is 1. The minimum Gasteiger partial charge on any atom is -0.394 e. The Balaban J connectivity index is 2.18. The number of aliphatic hydroxyl groups excluding tert-OH is 1. The molecular weight excluding hydrogens is 220 g/mol. The van der Waals surface area contributed by atoms with Gasteiger partial charge in [0.05, 0.1) is 19.3 Å². The third kappa shape index (κ3) is 2.66. The predicted molar refractivity (Wildman–Crippen MR) is 65.7 cm³/mol. The van der Waals surface area contributed by atoms with Crippen molar-refractivity contribution in [2.24, 2.45) is 5.84 Å². The number of hydrogen-bond acceptors (Lipinski definition) is 6. The van der Waals surface area contributed by atoms with E-state index >= 15 is 0 Å². The molecule has 94 valence electrons. The van der Waals surface area contributed by atoms with Crippen molar-refractivity contribution in [3.63, 3.8) is 0 Å². The number of hydrazine groups is 1. The Kier molecular flexibility index (Phi) is 3.78. The van der Waals surface area contributed by atoms with Crippen molar-refractivity contribution >= 4 is 11.5 Å². The molecule has 17 heavy (non-hydrogen) atoms. The second-order valence-corrected chi connectivity index (χ2v) is 4.18. The van der Waals surface area contributed by atoms with E-state index in [4.69, 9.17) is 15.7 Å². The van der Waals surface area contributed by atoms with Crippen molar-refractivity contribution < 1.29 is 9.84 Å². The van der Waals surface area contributed by atoms with Crippen LogP contribution in [0.4, 0.5) is 11.5 Å². The third-order valence-corrected chi connectivity index (χ3v) is 2.93. The fraction of sp³-hybridized carbons (Fsp3) is 0.545. The summed E-state index contributed by atoms with van der Waals surface area (Å²) in [5.41, 5.74) is 3.56. The topological polar surface area (TPSA) is 83.6 Å². The largest absolute Gasteiger partial charge is 0.394 e. The van der Waals surface area contributed by atoms with Gasteiger partial charge in [0.1, 0.15) is 5.82 Å². The normalized spacial score (nSPS) is 24.8. The Labute approximate surface area is 100 Å². The Morgan fingerprint density at radius 3 is 3.24 bits per heavy atom. The van der Waals surface area contributed by atoms with Gasteiger partial charge in [-0.1, -0.05) is 0 Å². The smallest absolute Gasteiger partial charge is 0.141 e. The molecular formula is C11H18N4O2. The van der Waals surface area contributed by atoms with Crippen LogP contribution in [0.2, 0.25) is 0 Å². The quantitative estimate of drug-likeness (QED) is 0.506. The number of nitrogens with zero attached hydrogens (tertiary/aromatic N) is 2. The summed E-state index contributed by atoms with van der Waals surface area (Å²) in [6.45, 7) is 3.41. The minimum atomic E-state index is -0.131. The molecule has 0 aromatic carbocycles. The van der Waals surface area contributed by atoms with E-state index < -0.39 is 0 Å². The van der Waals surface area contributed by atoms with Gasteiger partial charge in [0.15, 0.2) is 0 Å². The van der Waals surface area contributed by atoms with E-state index in [9.17, 15) is 0 Å². The summed E-state index contributed by atoms with van der Waals surface area (Å²) in [7, 11) is 0. The molecule has 1 aliphatic rings. The van der Waals surface area contributed by atoms with Gasteiger partial charge in [0, 0.05) is 30.5 Å². The van der Waals surface area contributed by atoms with E-state index in [0.717, 1.165) is 5.69 Å². The lowest BCUT2D eigenvalue weighted by Crippen LogP contribution is -2.49. The third-order valence-electron chi connectivity index (χ3n) is 2.93. The maximum absolute atomic E-state index is 9.15. The SMILES string of the molecule is CC1COC(CO)CN1c1ccnc(NN)c1. The van der Waals surface area contributed by atoms with Gasteiger partial charge in [-0.2, -0.15) is 0 Å². The van der Waals surface area contributed by atoms with E-state index in [-0.39, 0.29) is 18.8 Å². The Bertz CT molecular complexity index is 374. The van der Waals surface area contributed by atoms with Crippen LogP contribution in [0.5, 0.6) is 0 Å². The summed E-state index contributed by atoms with van der Waals surface area (Å²) in [5.74, 6) is 5.97. The number of pyridine rings is 1. The van der Waals surface area contributed by atoms with Crippen molar-refractivity contribution in [1.82, 2.24) is 4.98 Å². The average molecular weight is 238 g/mol. The van der Waals surface area contributed by atoms with Crippen molar-refractivity contribution in [2.45, 2.75) is 19.1 Å². The van der Waals surface area contributed by atoms with Crippen molar-refractivity contribution in [1.29, 1.82) is 0 Å². The standard InChI is InChI=1S/C11H18N4O2/c1-8-7-17-10(6-16)5-15(8)9-2-3-13-11(4-9)14-12/h2-4,8,10,16H,5-7,12H2,1H3,(H,13,14). The lowest BCUT2D eigenvalue weighted by Gasteiger charge is -2.39. The van der Waals surface area contributed by atoms with Crippen LogP contribution in [-0.2, 0) is 4.74 Å². The maximum Gasteiger partial charge on any atom is 0.141 e. The number of aliphatic hydroxyl groups is 1. The van der Waals surface area contributed by atoms with E-state index in [0.29, 0.717) is 19.0 Å². The fourth-order valence-electron chi connectivity index (χ4n) is 1.96. The molecule has 1 fully saturated rings. The van der Waals surface area contributed by atoms with Crippen molar-refractivity contribution in [3.05, 3.63) is 18.3 Å². The second-order valence-electron chi connectivity index (χ2n) is 4.18. The number of aromatic nitrogens is 1. The molecule has 1 aromatic rings. The van der Waals surface area contributed by atoms with E-state index in [1.54, 1.807) is 6.20 Å². The molecule has 6 heteroatoms. The molecule has 0 bridgehead atoms. The summed E-state index contributed by atoms with van der Waals surface area (Å²) < 4.78 is 5.50. The number of nitrogen functional groups attached to an aromatic ring is 1. The molecule has 0 spiro atoms. The first-order valence-electron chi connectivity index (χ1n) is 5.66. The number of anilines is 2. The first-order valence-corrected chi connectivity index (χ1v) is 5.66. The minimum absolute atomic E-state index is 0.0380. The first kappa shape index (κ1) is 12.1. The average Bonchev–Trinajstić information content (AvgIpc) is 2.39. The highest BCUT2D eigenvalue weighted by Gasteiger charge is 2.25. The van der Waals surface area contributed by atoms with E-state index in [2.05, 4.69) is 22.2 Å². The van der Waals surface area contributed by atoms with Gasteiger partial charge in [0.25, 0.3) is 0 Å². The second kappa shape index (κ2) is 5.31. The summed E-state index contributed by atoms with van der Waals surface area (Å²) in [6, 6.07) is 4.08. The molecule has 6 nitrogen and oxygen atoms in total. The zero-order valence-electron chi connectivity index (χ0n) is 9.84. The fourth-order valence-corrected chi connectivity index (χ4v) is 1.96. The summed E-state index contributed by atoms with van der Waals surface area (Å²) in [5, 5.41) is 9.15. The zero-order valence-corrected chi connectivity index (χ0v) is 9.84. The highest BCUT2D eigenvalue weighted by Crippen LogP contribution is 2.23. The van der Waals surface area contributed by atoms with Crippen LogP contribution < -0.4 is 16.2 Å². The lowest BCUT2D eigenvalue weighted by atomic mass is 10.1. The predicted octanol–water partition coefficient (Wildman–Crippen LogP) is -0.0468. The van der Waals surface area contributed by atoms with E-state index in [1.807, 2.05) is 12.1 Å². The summed E-state index contributed by atoms with van der Waals surface area (Å²) >= 11 is 0. The Hall–Kier alpha value is -1.37. The van der Waals surface area contributed by atoms with Crippen molar-refractivity contribution in [2.75, 3.05) is 30.1 Å². The van der Waals surface area contributed by atoms with Gasteiger partial charge >= 0.3 is 0 Å². The molecule has 1 aromatic heterocycles. The van der Waals surface area contributed by atoms with Crippen LogP contribution in [0.25, 0.3) is 0 Å². The lowest BCUT2D eigenvalue weighted by molar-refractivity contribution is -0.0103. The van der Waals surface area contributed by atoms with Crippen LogP contribution in [0.1, 0.15) is 6.92 Å². The molecule has 1 saturated heterocycles. The number of hydrogen-bond donors (Lipinski definition) is 3. The monoisotopic (exact) mass is 238 g/mol. The molecule has 2 heterocycles. The first-order chi connectivity index (χ1) is 8.24. The Morgan fingerprint density at radius 1 is 1.71 bits per heavy atom. The molecule has 0 amide bonds. The molecule has 2 unspecified atom stereocenters. The van der Waals surface area contributed by atoms with Gasteiger partial charge in [-0.15, -0.1) is 0 Å². The maximum atomic E-state index is 9.15. The van der Waals surface area contributed by atoms with Crippen LogP contribution in [-0.4, -0.2) is 42.0 Å². The van der Waals surface area contributed by atoms with Crippen LogP contribution in [0.3, 0.4) is 0 Å². The molecule has 2 atom stereocenters. The molecule has 0 radical (unpaired) electrons. The molecule has 4 N–H and O–H groups in total. The highest BCUT2D eigenvalue weighted by molar-refractivity contribution is 5.54. The number of ether oxygens (including phenoxy) is 1. The van der Waals surface area contributed by atoms with Gasteiger partial charge < -0.3 is 20.2 Å². The van der Waals surface area contributed by atoms with Crippen LogP contribution in [0, 0.1) is 0 Å². The zero-order chi connectivity index (χ0) is 12.3. The number of morpholine rings is 1. The van der Waals surface area contributed by atoms with Gasteiger partial charge in [0.2, 0.25) is 0 Å². The molecule has 1 aliphatic heterocycles. The summed E-state index contributed by atoms with van der Waals surface area (Å²) in [4.78, 5) is 6.26. The van der Waals surface area contributed by atoms with Crippen LogP contribution in [0.15, 0.2) is 18.3 Å². The van der Waals surface area contributed by atoms with Gasteiger partial charge in [-0.05, 0) is 13.0 Å². The molecule has 0 saturated carbocycles. The van der Waals surface area contributed by atoms with E-state index in [1.165, 1.54) is 0 Å². The highest BCUT2D eigenvalue weighted by atomic mass is 16.5. The Morgan fingerprint density at radius 2 is 2.53 bits per heavy atom. The van der Waals surface area contributed by atoms with Crippen LogP contribution >= 0.6 is 0 Å². The van der Waals surface area contributed by atoms with Gasteiger partial charge in [-0.25, -0.2) is 10.8 Å². The summed E-state index contributed by atoms with van der Waals surface area (Å²) in [6.07, 6.45) is 1.58. The number of nitrogens with two attached hydrogens (primary N) is 1. The molecule has 0 aliphatic carbocycles. The molecule has 2 rings (SSSR count).